The van der Waals surface area contributed by atoms with E-state index < -0.39 is 11.9 Å². The van der Waals surface area contributed by atoms with Crippen LogP contribution in [0.25, 0.3) is 32.2 Å². The highest BCUT2D eigenvalue weighted by atomic mass is 32.1. The maximum absolute atomic E-state index is 13.7. The molecule has 16 heteroatoms. The minimum atomic E-state index is -1.10. The molecule has 0 radical (unpaired) electrons. The lowest BCUT2D eigenvalue weighted by molar-refractivity contribution is -0.134. The number of carbonyl (C=O) groups excluding carboxylic acids is 3. The summed E-state index contributed by atoms with van der Waals surface area (Å²) >= 11 is 1.44. The molecule has 74 heavy (non-hydrogen) atoms. The Morgan fingerprint density at radius 2 is 1.66 bits per heavy atom. The Morgan fingerprint density at radius 3 is 2.47 bits per heavy atom. The van der Waals surface area contributed by atoms with Crippen LogP contribution >= 0.6 is 11.3 Å². The fraction of sp³-hybridized carbons (Fsp3) is 0.397. The van der Waals surface area contributed by atoms with Gasteiger partial charge in [0.05, 0.1) is 33.4 Å². The number of hydrogen-bond donors (Lipinski definition) is 3. The Bertz CT molecular complexity index is 3300. The average Bonchev–Trinajstić information content (AvgIpc) is 3.85. The molecule has 15 nitrogen and oxygen atoms in total. The molecule has 3 aliphatic heterocycles. The highest BCUT2D eigenvalue weighted by Crippen LogP contribution is 2.47. The third-order valence-corrected chi connectivity index (χ3v) is 17.4. The lowest BCUT2D eigenvalue weighted by Crippen LogP contribution is -2.47. The molecule has 3 unspecified atom stereocenters. The number of amides is 3. The van der Waals surface area contributed by atoms with Gasteiger partial charge in [0.2, 0.25) is 11.8 Å². The van der Waals surface area contributed by atoms with Crippen molar-refractivity contribution in [3.8, 4) is 16.9 Å². The van der Waals surface area contributed by atoms with Crippen LogP contribution in [0.15, 0.2) is 91.0 Å². The highest BCUT2D eigenvalue weighted by Gasteiger charge is 2.41. The third kappa shape index (κ3) is 9.61. The molecule has 3 amide bonds. The van der Waals surface area contributed by atoms with Gasteiger partial charge in [-0.15, -0.1) is 0 Å². The van der Waals surface area contributed by atoms with Crippen LogP contribution in [0.3, 0.4) is 0 Å². The molecule has 3 atom stereocenters. The van der Waals surface area contributed by atoms with Crippen LogP contribution in [0.1, 0.15) is 101 Å². The van der Waals surface area contributed by atoms with E-state index in [-0.39, 0.29) is 29.5 Å². The van der Waals surface area contributed by atoms with Crippen molar-refractivity contribution in [3.05, 3.63) is 125 Å². The molecule has 2 saturated carbocycles. The Balaban J connectivity index is 0.623. The number of aromatic nitrogens is 4. The Labute approximate surface area is 433 Å². The van der Waals surface area contributed by atoms with Gasteiger partial charge in [-0.2, -0.15) is 5.10 Å². The number of piperazine rings is 1. The van der Waals surface area contributed by atoms with E-state index in [4.69, 9.17) is 14.8 Å². The molecule has 4 fully saturated rings. The number of nitrogens with zero attached hydrogens (tertiary/aromatic N) is 7. The minimum Gasteiger partial charge on any atom is -0.490 e. The summed E-state index contributed by atoms with van der Waals surface area (Å²) < 4.78 is 9.59. The van der Waals surface area contributed by atoms with E-state index in [1.807, 2.05) is 85.4 Å². The van der Waals surface area contributed by atoms with Gasteiger partial charge < -0.3 is 19.6 Å². The number of pyridine rings is 1. The summed E-state index contributed by atoms with van der Waals surface area (Å²) in [4.78, 5) is 67.5. The number of carbonyl (C=O) groups is 4. The second-order valence-corrected chi connectivity index (χ2v) is 22.1. The number of piperidine rings is 1. The minimum absolute atomic E-state index is 0.0138. The van der Waals surface area contributed by atoms with Gasteiger partial charge >= 0.3 is 5.97 Å². The van der Waals surface area contributed by atoms with Gasteiger partial charge in [-0.25, -0.2) is 14.8 Å². The number of thiazole rings is 1. The second kappa shape index (κ2) is 19.9. The number of ether oxygens (including phenoxy) is 1. The third-order valence-electron chi connectivity index (χ3n) is 16.5. The van der Waals surface area contributed by atoms with Crippen LogP contribution in [-0.4, -0.2) is 98.8 Å². The molecule has 2 aliphatic carbocycles. The second-order valence-electron chi connectivity index (χ2n) is 21.1. The predicted octanol–water partition coefficient (Wildman–Crippen LogP) is 9.37. The molecular formula is C58H61N9O6S. The Morgan fingerprint density at radius 1 is 0.838 bits per heavy atom. The van der Waals surface area contributed by atoms with E-state index >= 15 is 0 Å². The molecule has 3 N–H and O–H groups in total. The number of hydrogen-bond acceptors (Lipinski definition) is 12. The predicted molar refractivity (Wildman–Crippen MR) is 287 cm³/mol. The van der Waals surface area contributed by atoms with Crippen LogP contribution in [0, 0.1) is 24.7 Å². The zero-order valence-electron chi connectivity index (χ0n) is 41.9. The van der Waals surface area contributed by atoms with Crippen molar-refractivity contribution in [1.29, 1.82) is 0 Å². The molecule has 5 aliphatic rings. The summed E-state index contributed by atoms with van der Waals surface area (Å²) in [6.45, 7) is 8.28. The maximum Gasteiger partial charge on any atom is 0.355 e. The van der Waals surface area contributed by atoms with Crippen LogP contribution in [0.4, 0.5) is 16.6 Å². The quantitative estimate of drug-likeness (QED) is 0.0936. The maximum atomic E-state index is 13.7. The van der Waals surface area contributed by atoms with Crippen molar-refractivity contribution in [2.45, 2.75) is 83.3 Å². The summed E-state index contributed by atoms with van der Waals surface area (Å²) in [7, 11) is 1.93. The van der Waals surface area contributed by atoms with E-state index in [1.165, 1.54) is 36.4 Å². The Hall–Kier alpha value is -7.17. The number of aryl methyl sites for hydroxylation is 1. The number of benzene rings is 4. The first-order valence-corrected chi connectivity index (χ1v) is 27.1. The van der Waals surface area contributed by atoms with Crippen LogP contribution in [0.2, 0.25) is 0 Å². The summed E-state index contributed by atoms with van der Waals surface area (Å²) in [5, 5.41) is 22.3. The van der Waals surface area contributed by atoms with Gasteiger partial charge in [-0.1, -0.05) is 47.7 Å². The molecule has 2 saturated heterocycles. The highest BCUT2D eigenvalue weighted by molar-refractivity contribution is 7.22. The van der Waals surface area contributed by atoms with Gasteiger partial charge in [0, 0.05) is 81.5 Å². The fourth-order valence-electron chi connectivity index (χ4n) is 12.2. The number of rotatable bonds is 13. The topological polar surface area (TPSA) is 175 Å². The number of nitrogens with one attached hydrogen (secondary N) is 2. The molecule has 12 rings (SSSR count). The number of para-hydroxylation sites is 1. The van der Waals surface area contributed by atoms with Crippen molar-refractivity contribution in [2.24, 2.45) is 24.8 Å². The van der Waals surface area contributed by atoms with E-state index in [0.717, 1.165) is 124 Å². The van der Waals surface area contributed by atoms with Gasteiger partial charge in [0.25, 0.3) is 5.91 Å². The fourth-order valence-corrected chi connectivity index (χ4v) is 13.1. The van der Waals surface area contributed by atoms with Crippen LogP contribution in [0.5, 0.6) is 5.75 Å². The largest absolute Gasteiger partial charge is 0.490 e. The van der Waals surface area contributed by atoms with Gasteiger partial charge in [-0.3, -0.25) is 34.6 Å². The van der Waals surface area contributed by atoms with Gasteiger partial charge in [-0.05, 0) is 153 Å². The summed E-state index contributed by atoms with van der Waals surface area (Å²) in [6, 6.07) is 29.7. The number of carboxylic acids is 1. The monoisotopic (exact) mass is 1010 g/mol. The first-order valence-electron chi connectivity index (χ1n) is 26.3. The molecule has 0 bridgehead atoms. The van der Waals surface area contributed by atoms with E-state index in [1.54, 1.807) is 0 Å². The first-order chi connectivity index (χ1) is 36.0. The lowest BCUT2D eigenvalue weighted by atomic mass is 9.83. The molecule has 0 spiro atoms. The number of carboxylic acid groups (broad SMARTS) is 1. The van der Waals surface area contributed by atoms with E-state index in [9.17, 15) is 24.3 Å². The summed E-state index contributed by atoms with van der Waals surface area (Å²) in [5.74, 6) is 1.44. The zero-order valence-corrected chi connectivity index (χ0v) is 42.7. The van der Waals surface area contributed by atoms with E-state index in [2.05, 4.69) is 54.6 Å². The first kappa shape index (κ1) is 47.8. The molecular weight excluding hydrogens is 951 g/mol. The summed E-state index contributed by atoms with van der Waals surface area (Å²) in [6.07, 6.45) is 8.59. The van der Waals surface area contributed by atoms with Crippen LogP contribution in [-0.2, 0) is 29.6 Å². The van der Waals surface area contributed by atoms with Crippen molar-refractivity contribution in [2.75, 3.05) is 54.4 Å². The van der Waals surface area contributed by atoms with Gasteiger partial charge in [0.1, 0.15) is 11.6 Å². The lowest BCUT2D eigenvalue weighted by Gasteiger charge is -2.36. The molecule has 7 aromatic rings. The molecule has 3 aromatic heterocycles. The average molecular weight is 1010 g/mol. The summed E-state index contributed by atoms with van der Waals surface area (Å²) in [5.41, 5.74) is 8.57. The Kier molecular flexibility index (Phi) is 12.9. The normalized spacial score (nSPS) is 22.2. The number of aromatic carboxylic acids is 1. The van der Waals surface area contributed by atoms with Crippen molar-refractivity contribution >= 4 is 72.8 Å². The molecule has 380 valence electrons. The van der Waals surface area contributed by atoms with Crippen molar-refractivity contribution in [3.63, 3.8) is 0 Å². The number of imide groups is 1. The van der Waals surface area contributed by atoms with Gasteiger partial charge in [0.15, 0.2) is 10.8 Å². The van der Waals surface area contributed by atoms with E-state index in [0.29, 0.717) is 54.4 Å². The number of fused-ring (bicyclic) bond motifs is 3. The van der Waals surface area contributed by atoms with Crippen LogP contribution < -0.4 is 25.2 Å². The van der Waals surface area contributed by atoms with Crippen molar-refractivity contribution < 1.29 is 29.0 Å². The SMILES string of the molecule is Cc1c(OC2CCC(CC3CC3CN3CCN(c4ccc5c(C6CCC(=O)NC6=O)nn(C)c5c4)CC3)CC2)cccc1-c1ccc(N2CCc3cccc(C(=O)Nc4nc5ccccc5s4)c3C2)nc1C(=O)O. The molecule has 6 heterocycles. The van der Waals surface area contributed by atoms with Crippen molar-refractivity contribution in [1.82, 2.24) is 30.0 Å². The smallest absolute Gasteiger partial charge is 0.355 e. The molecule has 4 aromatic carbocycles. The number of anilines is 3. The zero-order chi connectivity index (χ0) is 50.6. The standard InChI is InChI=1S/C58H61N9O6S/c1-34-41(42-19-21-51(60-54(42)57(71)72)67-24-23-36-7-5-9-43(46(36)33-67)55(69)62-58-59-47-10-3-4-12-50(47)74-58)8-6-11-49(34)73-40-16-13-35(14-17-40)29-37-30-38(37)32-65-25-27-66(28-26-65)39-15-18-44-48(31-39)64(2)63-53(44)45-20-22-52(68)61-56(45)70/h3-12,15,18-19,21,31,35,37-38,40,45H,13-14,16-17,20,22-30,32-33H2,1-2H3,(H,71,72)(H,59,62,69)(H,61,68,70).